The Bertz CT molecular complexity index is 186. The first-order valence-electron chi connectivity index (χ1n) is 3.61. The maximum absolute atomic E-state index is 4.76. The Balaban J connectivity index is 0.000000461. The molecular weight excluding hydrogens is 144 g/mol. The highest BCUT2D eigenvalue weighted by Gasteiger charge is 1.98. The second-order valence-corrected chi connectivity index (χ2v) is 1.66. The van der Waals surface area contributed by atoms with Crippen molar-refractivity contribution in [1.29, 1.82) is 0 Å². The molecule has 0 atom stereocenters. The largest absolute Gasteiger partial charge is 0.377 e. The Labute approximate surface area is 66.6 Å². The van der Waals surface area contributed by atoms with Crippen molar-refractivity contribution in [3.8, 4) is 0 Å². The van der Waals surface area contributed by atoms with Crippen LogP contribution in [0, 0.1) is 6.92 Å². The lowest BCUT2D eigenvalue weighted by molar-refractivity contribution is 0.174. The van der Waals surface area contributed by atoms with Crippen LogP contribution in [0.2, 0.25) is 0 Å². The molecule has 0 unspecified atom stereocenters. The monoisotopic (exact) mass is 158 g/mol. The summed E-state index contributed by atoms with van der Waals surface area (Å²) in [7, 11) is 1.59. The minimum atomic E-state index is 0.414. The van der Waals surface area contributed by atoms with Gasteiger partial charge in [-0.25, -0.2) is 0 Å². The minimum Gasteiger partial charge on any atom is -0.377 e. The third-order valence-electron chi connectivity index (χ3n) is 0.843. The summed E-state index contributed by atoms with van der Waals surface area (Å²) in [5.41, 5.74) is 0. The summed E-state index contributed by atoms with van der Waals surface area (Å²) in [6.45, 7) is 6.16. The van der Waals surface area contributed by atoms with E-state index in [1.54, 1.807) is 14.0 Å². The SMILES string of the molecule is CC.COCc1noc(C)n1. The molecule has 1 aromatic heterocycles. The number of hydrogen-bond donors (Lipinski definition) is 0. The van der Waals surface area contributed by atoms with Gasteiger partial charge in [0.25, 0.3) is 0 Å². The highest BCUT2D eigenvalue weighted by Crippen LogP contribution is 1.94. The Kier molecular flexibility index (Phi) is 5.37. The van der Waals surface area contributed by atoms with Gasteiger partial charge in [-0.05, 0) is 0 Å². The molecule has 0 aliphatic heterocycles. The zero-order valence-corrected chi connectivity index (χ0v) is 7.42. The van der Waals surface area contributed by atoms with Crippen LogP contribution < -0.4 is 0 Å². The number of hydrogen-bond acceptors (Lipinski definition) is 4. The van der Waals surface area contributed by atoms with Gasteiger partial charge in [-0.1, -0.05) is 19.0 Å². The fourth-order valence-electron chi connectivity index (χ4n) is 0.529. The summed E-state index contributed by atoms with van der Waals surface area (Å²) >= 11 is 0. The van der Waals surface area contributed by atoms with Crippen LogP contribution in [0.1, 0.15) is 25.6 Å². The maximum Gasteiger partial charge on any atom is 0.223 e. The van der Waals surface area contributed by atoms with E-state index in [0.29, 0.717) is 18.3 Å². The lowest BCUT2D eigenvalue weighted by Crippen LogP contribution is -1.88. The minimum absolute atomic E-state index is 0.414. The fourth-order valence-corrected chi connectivity index (χ4v) is 0.529. The Morgan fingerprint density at radius 3 is 2.45 bits per heavy atom. The zero-order chi connectivity index (χ0) is 8.69. The molecule has 0 N–H and O–H groups in total. The summed E-state index contributed by atoms with van der Waals surface area (Å²) in [5, 5.41) is 3.59. The molecule has 0 saturated heterocycles. The predicted molar refractivity (Wildman–Crippen MR) is 41.1 cm³/mol. The van der Waals surface area contributed by atoms with Crippen LogP contribution in [-0.4, -0.2) is 17.3 Å². The van der Waals surface area contributed by atoms with Gasteiger partial charge >= 0.3 is 0 Å². The molecule has 0 aliphatic carbocycles. The second kappa shape index (κ2) is 5.85. The molecule has 0 spiro atoms. The third-order valence-corrected chi connectivity index (χ3v) is 0.843. The summed E-state index contributed by atoms with van der Waals surface area (Å²) in [6, 6.07) is 0. The lowest BCUT2D eigenvalue weighted by atomic mass is 10.6. The van der Waals surface area contributed by atoms with Crippen molar-refractivity contribution in [2.45, 2.75) is 27.4 Å². The van der Waals surface area contributed by atoms with Crippen LogP contribution in [0.25, 0.3) is 0 Å². The molecule has 11 heavy (non-hydrogen) atoms. The number of aromatic nitrogens is 2. The molecule has 1 aromatic rings. The van der Waals surface area contributed by atoms with Crippen molar-refractivity contribution >= 4 is 0 Å². The Morgan fingerprint density at radius 2 is 2.09 bits per heavy atom. The average Bonchev–Trinajstić information content (AvgIpc) is 2.41. The van der Waals surface area contributed by atoms with Crippen LogP contribution >= 0.6 is 0 Å². The molecule has 0 fully saturated rings. The van der Waals surface area contributed by atoms with Gasteiger partial charge < -0.3 is 9.26 Å². The topological polar surface area (TPSA) is 48.2 Å². The number of ether oxygens (including phenoxy) is 1. The van der Waals surface area contributed by atoms with Gasteiger partial charge in [-0.2, -0.15) is 4.98 Å². The van der Waals surface area contributed by atoms with E-state index in [1.165, 1.54) is 0 Å². The number of rotatable bonds is 2. The summed E-state index contributed by atoms with van der Waals surface area (Å²) in [4.78, 5) is 3.90. The van der Waals surface area contributed by atoms with Crippen LogP contribution in [0.3, 0.4) is 0 Å². The van der Waals surface area contributed by atoms with Crippen molar-refractivity contribution in [1.82, 2.24) is 10.1 Å². The zero-order valence-electron chi connectivity index (χ0n) is 7.42. The molecule has 0 radical (unpaired) electrons. The molecule has 0 amide bonds. The summed E-state index contributed by atoms with van der Waals surface area (Å²) in [6.07, 6.45) is 0. The van der Waals surface area contributed by atoms with E-state index >= 15 is 0 Å². The highest BCUT2D eigenvalue weighted by atomic mass is 16.5. The van der Waals surface area contributed by atoms with Crippen LogP contribution in [0.5, 0.6) is 0 Å². The van der Waals surface area contributed by atoms with E-state index in [9.17, 15) is 0 Å². The normalized spacial score (nSPS) is 8.73. The predicted octanol–water partition coefficient (Wildman–Crippen LogP) is 1.55. The Morgan fingerprint density at radius 1 is 1.45 bits per heavy atom. The molecule has 1 heterocycles. The van der Waals surface area contributed by atoms with Gasteiger partial charge in [0.15, 0.2) is 5.82 Å². The first-order chi connectivity index (χ1) is 5.33. The van der Waals surface area contributed by atoms with Crippen molar-refractivity contribution in [3.05, 3.63) is 11.7 Å². The van der Waals surface area contributed by atoms with E-state index in [1.807, 2.05) is 13.8 Å². The van der Waals surface area contributed by atoms with E-state index in [4.69, 9.17) is 4.74 Å². The summed E-state index contributed by atoms with van der Waals surface area (Å²) in [5.74, 6) is 1.16. The number of aryl methyl sites for hydroxylation is 1. The highest BCUT2D eigenvalue weighted by molar-refractivity contribution is 4.80. The average molecular weight is 158 g/mol. The van der Waals surface area contributed by atoms with Crippen molar-refractivity contribution < 1.29 is 9.26 Å². The van der Waals surface area contributed by atoms with Gasteiger partial charge in [0, 0.05) is 14.0 Å². The number of methoxy groups -OCH3 is 1. The van der Waals surface area contributed by atoms with Gasteiger partial charge in [0.05, 0.1) is 0 Å². The second-order valence-electron chi connectivity index (χ2n) is 1.66. The fraction of sp³-hybridized carbons (Fsp3) is 0.714. The van der Waals surface area contributed by atoms with Gasteiger partial charge in [-0.15, -0.1) is 0 Å². The standard InChI is InChI=1S/C5H8N2O2.C2H6/c1-4-6-5(3-8-2)7-9-4;1-2/h3H2,1-2H3;1-2H3. The quantitative estimate of drug-likeness (QED) is 0.655. The molecule has 4 heteroatoms. The third kappa shape index (κ3) is 3.72. The van der Waals surface area contributed by atoms with E-state index in [-0.39, 0.29) is 0 Å². The van der Waals surface area contributed by atoms with E-state index in [0.717, 1.165) is 0 Å². The van der Waals surface area contributed by atoms with Crippen molar-refractivity contribution in [3.63, 3.8) is 0 Å². The smallest absolute Gasteiger partial charge is 0.223 e. The molecule has 4 nitrogen and oxygen atoms in total. The van der Waals surface area contributed by atoms with Crippen molar-refractivity contribution in [2.24, 2.45) is 0 Å². The summed E-state index contributed by atoms with van der Waals surface area (Å²) < 4.78 is 9.43. The molecule has 0 aromatic carbocycles. The maximum atomic E-state index is 4.76. The molecule has 0 aliphatic rings. The van der Waals surface area contributed by atoms with Crippen LogP contribution in [-0.2, 0) is 11.3 Å². The molecule has 0 saturated carbocycles. The Hall–Kier alpha value is -0.900. The molecule has 0 bridgehead atoms. The molecular formula is C7H14N2O2. The van der Waals surface area contributed by atoms with Crippen molar-refractivity contribution in [2.75, 3.05) is 7.11 Å². The molecule has 64 valence electrons. The molecule has 1 rings (SSSR count). The lowest BCUT2D eigenvalue weighted by Gasteiger charge is -1.85. The van der Waals surface area contributed by atoms with Gasteiger partial charge in [0.2, 0.25) is 5.89 Å². The van der Waals surface area contributed by atoms with Crippen LogP contribution in [0.4, 0.5) is 0 Å². The first-order valence-corrected chi connectivity index (χ1v) is 3.61. The van der Waals surface area contributed by atoms with Gasteiger partial charge in [-0.3, -0.25) is 0 Å². The number of nitrogens with zero attached hydrogens (tertiary/aromatic N) is 2. The van der Waals surface area contributed by atoms with E-state index < -0.39 is 0 Å². The van der Waals surface area contributed by atoms with Gasteiger partial charge in [0.1, 0.15) is 6.61 Å². The van der Waals surface area contributed by atoms with Crippen LogP contribution in [0.15, 0.2) is 4.52 Å². The first kappa shape index (κ1) is 10.1. The van der Waals surface area contributed by atoms with E-state index in [2.05, 4.69) is 14.7 Å².